The lowest BCUT2D eigenvalue weighted by atomic mass is 10.1. The first-order valence-corrected chi connectivity index (χ1v) is 5.47. The zero-order valence-corrected chi connectivity index (χ0v) is 9.33. The Morgan fingerprint density at radius 2 is 2.07 bits per heavy atom. The van der Waals surface area contributed by atoms with E-state index in [0.717, 1.165) is 49.1 Å². The molecule has 1 saturated heterocycles. The third-order valence-corrected chi connectivity index (χ3v) is 2.84. The first-order chi connectivity index (χ1) is 7.25. The van der Waals surface area contributed by atoms with E-state index in [1.807, 2.05) is 18.2 Å². The van der Waals surface area contributed by atoms with Gasteiger partial charge in [0, 0.05) is 30.3 Å². The van der Waals surface area contributed by atoms with Gasteiger partial charge in [-0.3, -0.25) is 4.90 Å². The Labute approximate surface area is 94.8 Å². The molecule has 82 valence electrons. The average molecular weight is 227 g/mol. The van der Waals surface area contributed by atoms with Crippen LogP contribution in [0.5, 0.6) is 0 Å². The molecular weight excluding hydrogens is 212 g/mol. The molecule has 0 aliphatic carbocycles. The Bertz CT molecular complexity index is 337. The Hall–Kier alpha value is -0.770. The van der Waals surface area contributed by atoms with E-state index in [-0.39, 0.29) is 0 Å². The largest absolute Gasteiger partial charge is 0.398 e. The van der Waals surface area contributed by atoms with Crippen molar-refractivity contribution in [2.24, 2.45) is 0 Å². The molecule has 1 heterocycles. The average Bonchev–Trinajstić information content (AvgIpc) is 2.25. The van der Waals surface area contributed by atoms with Gasteiger partial charge in [0.05, 0.1) is 13.2 Å². The van der Waals surface area contributed by atoms with Crippen molar-refractivity contribution in [1.82, 2.24) is 4.90 Å². The predicted molar refractivity (Wildman–Crippen MR) is 62.0 cm³/mol. The number of hydrogen-bond acceptors (Lipinski definition) is 3. The van der Waals surface area contributed by atoms with Crippen LogP contribution in [0.15, 0.2) is 18.2 Å². The summed E-state index contributed by atoms with van der Waals surface area (Å²) < 4.78 is 5.29. The number of morpholine rings is 1. The van der Waals surface area contributed by atoms with Gasteiger partial charge in [-0.05, 0) is 23.8 Å². The third kappa shape index (κ3) is 2.84. The summed E-state index contributed by atoms with van der Waals surface area (Å²) in [5.41, 5.74) is 7.80. The van der Waals surface area contributed by atoms with E-state index in [2.05, 4.69) is 4.90 Å². The van der Waals surface area contributed by atoms with E-state index in [9.17, 15) is 0 Å². The molecular formula is C11H15ClN2O. The van der Waals surface area contributed by atoms with Crippen molar-refractivity contribution < 1.29 is 4.74 Å². The van der Waals surface area contributed by atoms with Crippen LogP contribution in [0.25, 0.3) is 0 Å². The molecule has 0 aromatic heterocycles. The van der Waals surface area contributed by atoms with Crippen LogP contribution in [0.2, 0.25) is 5.02 Å². The molecule has 3 nitrogen and oxygen atoms in total. The Morgan fingerprint density at radius 3 is 2.80 bits per heavy atom. The first kappa shape index (κ1) is 10.7. The summed E-state index contributed by atoms with van der Waals surface area (Å²) in [6.45, 7) is 4.40. The van der Waals surface area contributed by atoms with Crippen LogP contribution >= 0.6 is 11.6 Å². The predicted octanol–water partition coefficient (Wildman–Crippen LogP) is 1.75. The highest BCUT2D eigenvalue weighted by Gasteiger charge is 2.12. The van der Waals surface area contributed by atoms with Gasteiger partial charge in [-0.1, -0.05) is 11.6 Å². The second-order valence-electron chi connectivity index (χ2n) is 3.73. The highest BCUT2D eigenvalue weighted by atomic mass is 35.5. The van der Waals surface area contributed by atoms with E-state index in [0.29, 0.717) is 0 Å². The van der Waals surface area contributed by atoms with E-state index in [1.54, 1.807) is 0 Å². The van der Waals surface area contributed by atoms with Gasteiger partial charge >= 0.3 is 0 Å². The van der Waals surface area contributed by atoms with Crippen molar-refractivity contribution >= 4 is 17.3 Å². The number of anilines is 1. The van der Waals surface area contributed by atoms with Gasteiger partial charge in [-0.25, -0.2) is 0 Å². The molecule has 2 rings (SSSR count). The van der Waals surface area contributed by atoms with Crippen LogP contribution in [0.3, 0.4) is 0 Å². The number of nitrogens with zero attached hydrogens (tertiary/aromatic N) is 1. The van der Waals surface area contributed by atoms with Gasteiger partial charge in [0.15, 0.2) is 0 Å². The summed E-state index contributed by atoms with van der Waals surface area (Å²) in [6, 6.07) is 5.62. The molecule has 0 radical (unpaired) electrons. The van der Waals surface area contributed by atoms with Crippen LogP contribution in [-0.4, -0.2) is 31.2 Å². The molecule has 1 aromatic carbocycles. The molecule has 2 N–H and O–H groups in total. The molecule has 0 unspecified atom stereocenters. The highest BCUT2D eigenvalue weighted by molar-refractivity contribution is 6.30. The van der Waals surface area contributed by atoms with Crippen LogP contribution < -0.4 is 5.73 Å². The molecule has 1 aliphatic heterocycles. The molecule has 0 spiro atoms. The zero-order valence-electron chi connectivity index (χ0n) is 8.58. The summed E-state index contributed by atoms with van der Waals surface area (Å²) in [6.07, 6.45) is 0. The Morgan fingerprint density at radius 1 is 1.33 bits per heavy atom. The van der Waals surface area contributed by atoms with E-state index < -0.39 is 0 Å². The maximum Gasteiger partial charge on any atom is 0.0594 e. The smallest absolute Gasteiger partial charge is 0.0594 e. The molecule has 1 aliphatic rings. The molecule has 0 saturated carbocycles. The van der Waals surface area contributed by atoms with Gasteiger partial charge < -0.3 is 10.5 Å². The van der Waals surface area contributed by atoms with Gasteiger partial charge in [-0.15, -0.1) is 0 Å². The van der Waals surface area contributed by atoms with E-state index in [4.69, 9.17) is 22.1 Å². The maximum atomic E-state index is 5.94. The lowest BCUT2D eigenvalue weighted by Gasteiger charge is -2.27. The fraction of sp³-hybridized carbons (Fsp3) is 0.455. The lowest BCUT2D eigenvalue weighted by molar-refractivity contribution is 0.0343. The van der Waals surface area contributed by atoms with Gasteiger partial charge in [-0.2, -0.15) is 0 Å². The molecule has 15 heavy (non-hydrogen) atoms. The summed E-state index contributed by atoms with van der Waals surface area (Å²) in [5, 5.41) is 0.743. The standard InChI is InChI=1S/C11H15ClN2O/c12-10-1-2-11(13)9(7-10)8-14-3-5-15-6-4-14/h1-2,7H,3-6,8,13H2. The second-order valence-corrected chi connectivity index (χ2v) is 4.17. The minimum atomic E-state index is 0.743. The van der Waals surface area contributed by atoms with Crippen molar-refractivity contribution in [3.8, 4) is 0 Å². The second kappa shape index (κ2) is 4.84. The zero-order chi connectivity index (χ0) is 10.7. The van der Waals surface area contributed by atoms with Crippen molar-refractivity contribution in [1.29, 1.82) is 0 Å². The van der Waals surface area contributed by atoms with Crippen molar-refractivity contribution in [3.63, 3.8) is 0 Å². The fourth-order valence-corrected chi connectivity index (χ4v) is 1.91. The van der Waals surface area contributed by atoms with Crippen LogP contribution in [0.4, 0.5) is 5.69 Å². The summed E-state index contributed by atoms with van der Waals surface area (Å²) in [7, 11) is 0. The van der Waals surface area contributed by atoms with Gasteiger partial charge in [0.1, 0.15) is 0 Å². The molecule has 0 bridgehead atoms. The van der Waals surface area contributed by atoms with Crippen LogP contribution in [0, 0.1) is 0 Å². The fourth-order valence-electron chi connectivity index (χ4n) is 1.71. The number of rotatable bonds is 2. The molecule has 1 aromatic rings. The number of benzene rings is 1. The van der Waals surface area contributed by atoms with Crippen molar-refractivity contribution in [3.05, 3.63) is 28.8 Å². The van der Waals surface area contributed by atoms with E-state index in [1.165, 1.54) is 0 Å². The summed E-state index contributed by atoms with van der Waals surface area (Å²) in [5.74, 6) is 0. The molecule has 1 fully saturated rings. The molecule has 0 amide bonds. The number of nitrogen functional groups attached to an aromatic ring is 1. The lowest BCUT2D eigenvalue weighted by Crippen LogP contribution is -2.35. The number of nitrogens with two attached hydrogens (primary N) is 1. The SMILES string of the molecule is Nc1ccc(Cl)cc1CN1CCOCC1. The van der Waals surface area contributed by atoms with Gasteiger partial charge in [0.2, 0.25) is 0 Å². The van der Waals surface area contributed by atoms with Gasteiger partial charge in [0.25, 0.3) is 0 Å². The number of halogens is 1. The molecule has 0 atom stereocenters. The minimum absolute atomic E-state index is 0.743. The summed E-state index contributed by atoms with van der Waals surface area (Å²) in [4.78, 5) is 2.32. The van der Waals surface area contributed by atoms with Crippen molar-refractivity contribution in [2.75, 3.05) is 32.0 Å². The first-order valence-electron chi connectivity index (χ1n) is 5.10. The monoisotopic (exact) mass is 226 g/mol. The maximum absolute atomic E-state index is 5.94. The normalized spacial score (nSPS) is 17.9. The quantitative estimate of drug-likeness (QED) is 0.781. The number of hydrogen-bond donors (Lipinski definition) is 1. The minimum Gasteiger partial charge on any atom is -0.398 e. The Kier molecular flexibility index (Phi) is 3.46. The highest BCUT2D eigenvalue weighted by Crippen LogP contribution is 2.19. The Balaban J connectivity index is 2.05. The van der Waals surface area contributed by atoms with Crippen molar-refractivity contribution in [2.45, 2.75) is 6.54 Å². The van der Waals surface area contributed by atoms with Crippen LogP contribution in [0.1, 0.15) is 5.56 Å². The van der Waals surface area contributed by atoms with E-state index >= 15 is 0 Å². The topological polar surface area (TPSA) is 38.5 Å². The van der Waals surface area contributed by atoms with Crippen LogP contribution in [-0.2, 0) is 11.3 Å². The summed E-state index contributed by atoms with van der Waals surface area (Å²) >= 11 is 5.94. The third-order valence-electron chi connectivity index (χ3n) is 2.60. The number of ether oxygens (including phenoxy) is 1. The molecule has 4 heteroatoms.